The van der Waals surface area contributed by atoms with Crippen LogP contribution in [0.3, 0.4) is 0 Å². The summed E-state index contributed by atoms with van der Waals surface area (Å²) in [5, 5.41) is 2.75. The van der Waals surface area contributed by atoms with Gasteiger partial charge in [0.05, 0.1) is 17.1 Å². The fraction of sp³-hybridized carbons (Fsp3) is 0.524. The van der Waals surface area contributed by atoms with Crippen molar-refractivity contribution in [1.82, 2.24) is 14.9 Å². The van der Waals surface area contributed by atoms with Gasteiger partial charge in [-0.25, -0.2) is 9.78 Å². The average Bonchev–Trinajstić information content (AvgIpc) is 3.23. The number of H-pyrrole nitrogens is 1. The van der Waals surface area contributed by atoms with Crippen LogP contribution in [0.5, 0.6) is 0 Å². The molecule has 1 unspecified atom stereocenters. The zero-order valence-corrected chi connectivity index (χ0v) is 16.3. The van der Waals surface area contributed by atoms with Crippen molar-refractivity contribution in [3.8, 4) is 0 Å². The number of hydrogen-bond donors (Lipinski definition) is 2. The minimum Gasteiger partial charge on any atom is -0.447 e. The van der Waals surface area contributed by atoms with Crippen LogP contribution in [0, 0.1) is 0 Å². The third kappa shape index (κ3) is 3.58. The second kappa shape index (κ2) is 7.35. The van der Waals surface area contributed by atoms with Gasteiger partial charge in [-0.1, -0.05) is 13.0 Å². The van der Waals surface area contributed by atoms with Crippen LogP contribution >= 0.6 is 0 Å². The summed E-state index contributed by atoms with van der Waals surface area (Å²) in [6.45, 7) is 8.06. The molecule has 4 rings (SSSR count). The first-order valence-electron chi connectivity index (χ1n) is 9.97. The Morgan fingerprint density at radius 2 is 2.30 bits per heavy atom. The Kier molecular flexibility index (Phi) is 4.91. The van der Waals surface area contributed by atoms with Crippen LogP contribution in [0.25, 0.3) is 16.6 Å². The number of carbonyl (C=O) groups excluding carboxylic acids is 1. The van der Waals surface area contributed by atoms with E-state index in [2.05, 4.69) is 28.2 Å². The monoisotopic (exact) mass is 368 g/mol. The quantitative estimate of drug-likeness (QED) is 0.842. The van der Waals surface area contributed by atoms with Gasteiger partial charge < -0.3 is 9.72 Å². The van der Waals surface area contributed by atoms with Crippen LogP contribution in [0.15, 0.2) is 18.2 Å². The number of aryl methyl sites for hydroxylation is 1. The summed E-state index contributed by atoms with van der Waals surface area (Å²) in [5.74, 6) is 0.523. The maximum Gasteiger partial charge on any atom is 0.413 e. The van der Waals surface area contributed by atoms with E-state index in [1.807, 2.05) is 26.0 Å². The van der Waals surface area contributed by atoms with E-state index in [4.69, 9.17) is 9.72 Å². The number of anilines is 1. The number of aromatic nitrogens is 2. The van der Waals surface area contributed by atoms with Crippen molar-refractivity contribution >= 4 is 28.5 Å². The summed E-state index contributed by atoms with van der Waals surface area (Å²) in [6, 6.07) is 4.46. The third-order valence-corrected chi connectivity index (χ3v) is 5.49. The number of rotatable bonds is 4. The molecule has 1 fully saturated rings. The van der Waals surface area contributed by atoms with Crippen LogP contribution in [0.4, 0.5) is 10.6 Å². The SMILES string of the molecule is CCc1[nH]c2ccc(NC(=O)OC(C)C)nc2c1C1=CCN2CCCC2C1. The first-order valence-corrected chi connectivity index (χ1v) is 9.97. The van der Waals surface area contributed by atoms with Gasteiger partial charge in [-0.15, -0.1) is 0 Å². The summed E-state index contributed by atoms with van der Waals surface area (Å²) in [5.41, 5.74) is 5.78. The van der Waals surface area contributed by atoms with Gasteiger partial charge in [0.1, 0.15) is 5.82 Å². The largest absolute Gasteiger partial charge is 0.447 e. The first-order chi connectivity index (χ1) is 13.0. The molecule has 2 N–H and O–H groups in total. The van der Waals surface area contributed by atoms with Gasteiger partial charge in [0, 0.05) is 23.8 Å². The molecule has 0 aromatic carbocycles. The number of amides is 1. The zero-order valence-electron chi connectivity index (χ0n) is 16.3. The minimum absolute atomic E-state index is 0.162. The number of hydrogen-bond acceptors (Lipinski definition) is 4. The van der Waals surface area contributed by atoms with Crippen molar-refractivity contribution in [2.45, 2.75) is 58.6 Å². The fourth-order valence-corrected chi connectivity index (χ4v) is 4.28. The smallest absolute Gasteiger partial charge is 0.413 e. The number of pyridine rings is 1. The Labute approximate surface area is 160 Å². The molecule has 0 aliphatic carbocycles. The van der Waals surface area contributed by atoms with Crippen molar-refractivity contribution in [3.05, 3.63) is 29.5 Å². The molecule has 0 radical (unpaired) electrons. The maximum atomic E-state index is 11.9. The molecule has 6 nitrogen and oxygen atoms in total. The van der Waals surface area contributed by atoms with E-state index in [1.54, 1.807) is 0 Å². The Morgan fingerprint density at radius 3 is 3.07 bits per heavy atom. The molecule has 4 heterocycles. The zero-order chi connectivity index (χ0) is 19.0. The van der Waals surface area contributed by atoms with Crippen molar-refractivity contribution in [2.75, 3.05) is 18.4 Å². The second-order valence-electron chi connectivity index (χ2n) is 7.73. The molecule has 2 aromatic rings. The molecule has 0 bridgehead atoms. The van der Waals surface area contributed by atoms with E-state index in [9.17, 15) is 4.79 Å². The van der Waals surface area contributed by atoms with Crippen LogP contribution in [-0.4, -0.2) is 46.2 Å². The highest BCUT2D eigenvalue weighted by molar-refractivity contribution is 5.94. The van der Waals surface area contributed by atoms with Gasteiger partial charge in [0.25, 0.3) is 0 Å². The number of fused-ring (bicyclic) bond motifs is 2. The first kappa shape index (κ1) is 18.0. The van der Waals surface area contributed by atoms with Gasteiger partial charge in [0.2, 0.25) is 0 Å². The number of nitrogens with one attached hydrogen (secondary N) is 2. The van der Waals surface area contributed by atoms with E-state index in [0.29, 0.717) is 11.9 Å². The van der Waals surface area contributed by atoms with Crippen molar-refractivity contribution in [3.63, 3.8) is 0 Å². The van der Waals surface area contributed by atoms with Crippen LogP contribution in [0.1, 0.15) is 51.3 Å². The number of ether oxygens (including phenoxy) is 1. The van der Waals surface area contributed by atoms with Crippen LogP contribution in [0.2, 0.25) is 0 Å². The summed E-state index contributed by atoms with van der Waals surface area (Å²) < 4.78 is 5.17. The lowest BCUT2D eigenvalue weighted by molar-refractivity contribution is 0.130. The Morgan fingerprint density at radius 1 is 1.44 bits per heavy atom. The highest BCUT2D eigenvalue weighted by Crippen LogP contribution is 2.37. The lowest BCUT2D eigenvalue weighted by Crippen LogP contribution is -2.32. The maximum absolute atomic E-state index is 11.9. The molecule has 6 heteroatoms. The molecule has 2 aliphatic rings. The van der Waals surface area contributed by atoms with Gasteiger partial charge in [-0.05, 0) is 63.8 Å². The van der Waals surface area contributed by atoms with Crippen molar-refractivity contribution in [2.24, 2.45) is 0 Å². The summed E-state index contributed by atoms with van der Waals surface area (Å²) >= 11 is 0. The molecule has 2 aromatic heterocycles. The molecule has 27 heavy (non-hydrogen) atoms. The lowest BCUT2D eigenvalue weighted by Gasteiger charge is -2.29. The number of carbonyl (C=O) groups is 1. The van der Waals surface area contributed by atoms with Gasteiger partial charge in [-0.2, -0.15) is 0 Å². The summed E-state index contributed by atoms with van der Waals surface area (Å²) in [6.07, 6.45) is 6.31. The third-order valence-electron chi connectivity index (χ3n) is 5.49. The van der Waals surface area contributed by atoms with Gasteiger partial charge in [0.15, 0.2) is 0 Å². The molecular formula is C21H28N4O2. The molecular weight excluding hydrogens is 340 g/mol. The molecule has 1 amide bonds. The Balaban J connectivity index is 1.68. The highest BCUT2D eigenvalue weighted by atomic mass is 16.6. The molecule has 0 saturated carbocycles. The Hall–Kier alpha value is -2.34. The number of nitrogens with zero attached hydrogens (tertiary/aromatic N) is 2. The van der Waals surface area contributed by atoms with Crippen molar-refractivity contribution < 1.29 is 9.53 Å². The summed E-state index contributed by atoms with van der Waals surface area (Å²) in [4.78, 5) is 22.8. The second-order valence-corrected chi connectivity index (χ2v) is 7.73. The van der Waals surface area contributed by atoms with E-state index >= 15 is 0 Å². The van der Waals surface area contributed by atoms with Crippen LogP contribution in [-0.2, 0) is 11.2 Å². The standard InChI is InChI=1S/C21H28N4O2/c1-4-16-19(14-9-11-25-10-5-6-15(25)12-14)20-17(22-16)7-8-18(23-20)24-21(26)27-13(2)3/h7-9,13,15,22H,4-6,10-12H2,1-3H3,(H,23,24,26). The molecule has 0 spiro atoms. The van der Waals surface area contributed by atoms with Crippen LogP contribution < -0.4 is 5.32 Å². The van der Waals surface area contributed by atoms with E-state index in [-0.39, 0.29) is 6.10 Å². The fourth-order valence-electron chi connectivity index (χ4n) is 4.28. The molecule has 1 saturated heterocycles. The average molecular weight is 368 g/mol. The van der Waals surface area contributed by atoms with E-state index in [0.717, 1.165) is 30.4 Å². The Bertz CT molecular complexity index is 884. The lowest BCUT2D eigenvalue weighted by atomic mass is 9.93. The van der Waals surface area contributed by atoms with E-state index < -0.39 is 6.09 Å². The van der Waals surface area contributed by atoms with Gasteiger partial charge in [-0.3, -0.25) is 10.2 Å². The minimum atomic E-state index is -0.469. The molecule has 1 atom stereocenters. The topological polar surface area (TPSA) is 70.2 Å². The van der Waals surface area contributed by atoms with E-state index in [1.165, 1.54) is 36.2 Å². The summed E-state index contributed by atoms with van der Waals surface area (Å²) in [7, 11) is 0. The number of aromatic amines is 1. The van der Waals surface area contributed by atoms with Gasteiger partial charge >= 0.3 is 6.09 Å². The molecule has 144 valence electrons. The predicted octanol–water partition coefficient (Wildman–Crippen LogP) is 4.33. The predicted molar refractivity (Wildman–Crippen MR) is 108 cm³/mol. The molecule has 2 aliphatic heterocycles. The highest BCUT2D eigenvalue weighted by Gasteiger charge is 2.30. The normalized spacial score (nSPS) is 20.0. The van der Waals surface area contributed by atoms with Crippen molar-refractivity contribution in [1.29, 1.82) is 0 Å².